The van der Waals surface area contributed by atoms with Crippen LogP contribution in [0.5, 0.6) is 5.75 Å². The van der Waals surface area contributed by atoms with Gasteiger partial charge in [0.2, 0.25) is 0 Å². The van der Waals surface area contributed by atoms with Gasteiger partial charge in [-0.2, -0.15) is 0 Å². The molecule has 2 aromatic rings. The molecule has 0 radical (unpaired) electrons. The molecule has 1 amide bonds. The molecule has 126 valence electrons. The number of thioether (sulfide) groups is 1. The van der Waals surface area contributed by atoms with Crippen LogP contribution in [0.3, 0.4) is 0 Å². The highest BCUT2D eigenvalue weighted by Gasteiger charge is 2.27. The van der Waals surface area contributed by atoms with Gasteiger partial charge >= 0.3 is 0 Å². The molecule has 0 fully saturated rings. The molecule has 1 aromatic heterocycles. The van der Waals surface area contributed by atoms with Crippen LogP contribution in [0.1, 0.15) is 30.6 Å². The van der Waals surface area contributed by atoms with Gasteiger partial charge in [-0.15, -0.1) is 0 Å². The van der Waals surface area contributed by atoms with Gasteiger partial charge in [0.25, 0.3) is 5.91 Å². The number of fused-ring (bicyclic) bond motifs is 1. The lowest BCUT2D eigenvalue weighted by Gasteiger charge is -2.29. The Morgan fingerprint density at radius 3 is 3.04 bits per heavy atom. The number of carbonyl (C=O) groups is 2. The first-order valence-corrected chi connectivity index (χ1v) is 8.75. The maximum absolute atomic E-state index is 12.7. The number of benzene rings is 1. The second-order valence-corrected chi connectivity index (χ2v) is 6.86. The Balaban J connectivity index is 1.84. The summed E-state index contributed by atoms with van der Waals surface area (Å²) < 4.78 is 5.47. The van der Waals surface area contributed by atoms with Gasteiger partial charge in [-0.1, -0.05) is 18.7 Å². The van der Waals surface area contributed by atoms with Crippen LogP contribution in [0.2, 0.25) is 0 Å². The number of ether oxygens (including phenoxy) is 1. The number of hydrogen-bond donors (Lipinski definition) is 1. The smallest absolute Gasteiger partial charge is 0.265 e. The minimum atomic E-state index is -0.283. The largest absolute Gasteiger partial charge is 0.482 e. The van der Waals surface area contributed by atoms with Gasteiger partial charge < -0.3 is 14.6 Å². The molecular weight excluding hydrogens is 326 g/mol. The first-order valence-electron chi connectivity index (χ1n) is 7.87. The lowest BCUT2D eigenvalue weighted by atomic mass is 10.1. The molecular formula is C17H19N3O3S. The third-order valence-corrected chi connectivity index (χ3v) is 4.78. The Bertz CT molecular complexity index is 746. The zero-order valence-corrected chi connectivity index (χ0v) is 14.4. The summed E-state index contributed by atoms with van der Waals surface area (Å²) >= 11 is 1.37. The molecule has 0 bridgehead atoms. The zero-order chi connectivity index (χ0) is 17.1. The molecule has 24 heavy (non-hydrogen) atoms. The van der Waals surface area contributed by atoms with Crippen LogP contribution in [0.4, 0.5) is 5.69 Å². The van der Waals surface area contributed by atoms with Gasteiger partial charge in [0, 0.05) is 24.5 Å². The van der Waals surface area contributed by atoms with E-state index in [2.05, 4.69) is 9.97 Å². The van der Waals surface area contributed by atoms with Crippen molar-refractivity contribution in [2.45, 2.75) is 30.7 Å². The molecule has 2 heterocycles. The molecule has 0 saturated carbocycles. The van der Waals surface area contributed by atoms with Crippen LogP contribution in [-0.4, -0.2) is 40.1 Å². The third kappa shape index (κ3) is 3.31. The summed E-state index contributed by atoms with van der Waals surface area (Å²) in [6.45, 7) is 4.52. The van der Waals surface area contributed by atoms with Gasteiger partial charge in [-0.3, -0.25) is 9.59 Å². The molecule has 6 nitrogen and oxygen atoms in total. The van der Waals surface area contributed by atoms with E-state index >= 15 is 0 Å². The van der Waals surface area contributed by atoms with E-state index in [9.17, 15) is 9.59 Å². The highest BCUT2D eigenvalue weighted by atomic mass is 32.2. The van der Waals surface area contributed by atoms with Crippen molar-refractivity contribution in [2.75, 3.05) is 18.1 Å². The highest BCUT2D eigenvalue weighted by molar-refractivity contribution is 8.00. The molecule has 1 aliphatic heterocycles. The van der Waals surface area contributed by atoms with Gasteiger partial charge in [0.05, 0.1) is 10.9 Å². The summed E-state index contributed by atoms with van der Waals surface area (Å²) in [5, 5.41) is 0.425. The number of hydrogen-bond acceptors (Lipinski definition) is 5. The summed E-state index contributed by atoms with van der Waals surface area (Å²) in [5.41, 5.74) is 1.24. The number of H-pyrrole nitrogens is 1. The van der Waals surface area contributed by atoms with Crippen molar-refractivity contribution in [2.24, 2.45) is 0 Å². The van der Waals surface area contributed by atoms with E-state index in [0.29, 0.717) is 28.7 Å². The molecule has 1 N–H and O–H groups in total. The van der Waals surface area contributed by atoms with Gasteiger partial charge in [0.15, 0.2) is 17.5 Å². The zero-order valence-electron chi connectivity index (χ0n) is 13.6. The lowest BCUT2D eigenvalue weighted by Crippen LogP contribution is -2.39. The Labute approximate surface area is 144 Å². The number of imidazole rings is 1. The molecule has 1 aliphatic rings. The number of amides is 1. The lowest BCUT2D eigenvalue weighted by molar-refractivity contribution is -0.121. The molecule has 0 aliphatic carbocycles. The van der Waals surface area contributed by atoms with E-state index in [1.807, 2.05) is 13.8 Å². The minimum absolute atomic E-state index is 0.00586. The van der Waals surface area contributed by atoms with Crippen molar-refractivity contribution in [3.05, 3.63) is 36.2 Å². The van der Waals surface area contributed by atoms with E-state index in [1.54, 1.807) is 35.5 Å². The van der Waals surface area contributed by atoms with Crippen LogP contribution in [0, 0.1) is 0 Å². The van der Waals surface area contributed by atoms with Crippen molar-refractivity contribution < 1.29 is 14.3 Å². The topological polar surface area (TPSA) is 75.3 Å². The summed E-state index contributed by atoms with van der Waals surface area (Å²) in [6, 6.07) is 5.27. The monoisotopic (exact) mass is 345 g/mol. The average molecular weight is 345 g/mol. The fraction of sp³-hybridized carbons (Fsp3) is 0.353. The van der Waals surface area contributed by atoms with Gasteiger partial charge in [-0.05, 0) is 31.5 Å². The second kappa shape index (κ2) is 7.09. The Kier molecular flexibility index (Phi) is 4.89. The Hall–Kier alpha value is -2.28. The van der Waals surface area contributed by atoms with Crippen molar-refractivity contribution in [1.29, 1.82) is 0 Å². The second-order valence-electron chi connectivity index (χ2n) is 5.54. The highest BCUT2D eigenvalue weighted by Crippen LogP contribution is 2.34. The maximum atomic E-state index is 12.7. The maximum Gasteiger partial charge on any atom is 0.265 e. The fourth-order valence-corrected chi connectivity index (χ4v) is 3.43. The first kappa shape index (κ1) is 16.6. The number of anilines is 1. The predicted octanol–water partition coefficient (Wildman–Crippen LogP) is 2.91. The average Bonchev–Trinajstić information content (AvgIpc) is 3.09. The number of ketones is 1. The number of aromatic amines is 1. The van der Waals surface area contributed by atoms with Crippen LogP contribution in [-0.2, 0) is 4.79 Å². The number of nitrogens with one attached hydrogen (secondary N) is 1. The van der Waals surface area contributed by atoms with E-state index in [4.69, 9.17) is 4.74 Å². The standard InChI is InChI=1S/C17H19N3O3S/c1-3-8-20-13-9-12(4-5-14(13)23-10-15(20)21)16(22)11(2)24-17-18-6-7-19-17/h4-7,9,11H,3,8,10H2,1-2H3,(H,18,19). The van der Waals surface area contributed by atoms with Crippen LogP contribution >= 0.6 is 11.8 Å². The number of aromatic nitrogens is 2. The SMILES string of the molecule is CCCN1C(=O)COc2ccc(C(=O)C(C)Sc3ncc[nH]3)cc21. The Morgan fingerprint density at radius 1 is 1.50 bits per heavy atom. The van der Waals surface area contributed by atoms with Crippen LogP contribution in [0.15, 0.2) is 35.7 Å². The van der Waals surface area contributed by atoms with E-state index in [0.717, 1.165) is 6.42 Å². The normalized spacial score (nSPS) is 14.9. The van der Waals surface area contributed by atoms with Crippen LogP contribution in [0.25, 0.3) is 0 Å². The third-order valence-electron chi connectivity index (χ3n) is 3.76. The number of rotatable bonds is 6. The van der Waals surface area contributed by atoms with E-state index in [1.165, 1.54) is 11.8 Å². The molecule has 7 heteroatoms. The summed E-state index contributed by atoms with van der Waals surface area (Å²) in [5.74, 6) is 0.562. The summed E-state index contributed by atoms with van der Waals surface area (Å²) in [4.78, 5) is 33.6. The summed E-state index contributed by atoms with van der Waals surface area (Å²) in [7, 11) is 0. The van der Waals surface area contributed by atoms with Crippen LogP contribution < -0.4 is 9.64 Å². The van der Waals surface area contributed by atoms with Crippen molar-refractivity contribution in [3.63, 3.8) is 0 Å². The molecule has 1 aromatic carbocycles. The fourth-order valence-electron chi connectivity index (χ4n) is 2.60. The first-order chi connectivity index (χ1) is 11.6. The molecule has 3 rings (SSSR count). The number of nitrogens with zero attached hydrogens (tertiary/aromatic N) is 2. The molecule has 0 saturated heterocycles. The number of Topliss-reactive ketones (excluding diaryl/α,β-unsaturated/α-hetero) is 1. The predicted molar refractivity (Wildman–Crippen MR) is 92.8 cm³/mol. The molecule has 0 spiro atoms. The van der Waals surface area contributed by atoms with E-state index < -0.39 is 0 Å². The van der Waals surface area contributed by atoms with E-state index in [-0.39, 0.29) is 23.5 Å². The minimum Gasteiger partial charge on any atom is -0.482 e. The summed E-state index contributed by atoms with van der Waals surface area (Å²) in [6.07, 6.45) is 4.22. The van der Waals surface area contributed by atoms with Crippen molar-refractivity contribution in [1.82, 2.24) is 9.97 Å². The quantitative estimate of drug-likeness (QED) is 0.643. The number of carbonyl (C=O) groups excluding carboxylic acids is 2. The van der Waals surface area contributed by atoms with Gasteiger partial charge in [0.1, 0.15) is 5.75 Å². The Morgan fingerprint density at radius 2 is 2.33 bits per heavy atom. The van der Waals surface area contributed by atoms with Crippen molar-refractivity contribution >= 4 is 29.1 Å². The molecule has 1 atom stereocenters. The van der Waals surface area contributed by atoms with Crippen molar-refractivity contribution in [3.8, 4) is 5.75 Å². The molecule has 1 unspecified atom stereocenters. The van der Waals surface area contributed by atoms with Gasteiger partial charge in [-0.25, -0.2) is 4.98 Å².